The van der Waals surface area contributed by atoms with Crippen molar-refractivity contribution in [2.45, 2.75) is 26.8 Å². The van der Waals surface area contributed by atoms with E-state index in [2.05, 4.69) is 31.0 Å². The van der Waals surface area contributed by atoms with Crippen LogP contribution in [0.5, 0.6) is 0 Å². The highest BCUT2D eigenvalue weighted by molar-refractivity contribution is 6.30. The third kappa shape index (κ3) is 4.32. The second kappa shape index (κ2) is 7.08. The lowest BCUT2D eigenvalue weighted by atomic mass is 9.81. The maximum Gasteiger partial charge on any atom is 0.125 e. The summed E-state index contributed by atoms with van der Waals surface area (Å²) >= 11 is 6.01. The van der Waals surface area contributed by atoms with Gasteiger partial charge in [-0.1, -0.05) is 32.4 Å². The molecule has 20 heavy (non-hydrogen) atoms. The molecule has 1 aromatic rings. The molecule has 1 heterocycles. The van der Waals surface area contributed by atoms with Gasteiger partial charge in [0, 0.05) is 37.2 Å². The summed E-state index contributed by atoms with van der Waals surface area (Å²) < 4.78 is 13.6. The van der Waals surface area contributed by atoms with Gasteiger partial charge in [0.15, 0.2) is 0 Å². The molecule has 1 atom stereocenters. The minimum atomic E-state index is -0.258. The Morgan fingerprint density at radius 1 is 1.20 bits per heavy atom. The third-order valence-corrected chi connectivity index (χ3v) is 3.76. The fraction of sp³-hybridized carbons (Fsp3) is 0.600. The van der Waals surface area contributed by atoms with Crippen molar-refractivity contribution in [3.63, 3.8) is 0 Å². The zero-order valence-corrected chi connectivity index (χ0v) is 13.8. The summed E-state index contributed by atoms with van der Waals surface area (Å²) in [5.41, 5.74) is 1.01. The van der Waals surface area contributed by atoms with E-state index < -0.39 is 0 Å². The van der Waals surface area contributed by atoms with Gasteiger partial charge in [-0.25, -0.2) is 4.39 Å². The molecule has 2 rings (SSSR count). The molecule has 5 heteroatoms. The second-order valence-corrected chi connectivity index (χ2v) is 6.69. The minimum Gasteiger partial charge on any atom is -0.314 e. The minimum absolute atomic E-state index is 0. The maximum atomic E-state index is 13.6. The van der Waals surface area contributed by atoms with Gasteiger partial charge < -0.3 is 5.32 Å². The highest BCUT2D eigenvalue weighted by Gasteiger charge is 2.32. The zero-order chi connectivity index (χ0) is 14.0. The van der Waals surface area contributed by atoms with E-state index in [4.69, 9.17) is 11.6 Å². The van der Waals surface area contributed by atoms with E-state index in [1.54, 1.807) is 6.07 Å². The monoisotopic (exact) mass is 320 g/mol. The van der Waals surface area contributed by atoms with E-state index in [0.29, 0.717) is 5.02 Å². The molecule has 0 amide bonds. The molecule has 2 nitrogen and oxygen atoms in total. The summed E-state index contributed by atoms with van der Waals surface area (Å²) in [6.45, 7) is 10.5. The van der Waals surface area contributed by atoms with E-state index >= 15 is 0 Å². The molecule has 1 aliphatic heterocycles. The summed E-state index contributed by atoms with van der Waals surface area (Å²) in [4.78, 5) is 2.42. The smallest absolute Gasteiger partial charge is 0.125 e. The predicted molar refractivity (Wildman–Crippen MR) is 85.3 cm³/mol. The summed E-state index contributed by atoms with van der Waals surface area (Å²) in [6.07, 6.45) is 0. The van der Waals surface area contributed by atoms with E-state index in [-0.39, 0.29) is 29.7 Å². The lowest BCUT2D eigenvalue weighted by molar-refractivity contribution is 0.0860. The average Bonchev–Trinajstić information content (AvgIpc) is 2.27. The van der Waals surface area contributed by atoms with Crippen molar-refractivity contribution < 1.29 is 4.39 Å². The van der Waals surface area contributed by atoms with Crippen molar-refractivity contribution >= 4 is 24.0 Å². The van der Waals surface area contributed by atoms with Crippen molar-refractivity contribution in [3.8, 4) is 0 Å². The number of hydrogen-bond acceptors (Lipinski definition) is 2. The SMILES string of the molecule is CC(C)(C)[C@H](c1cc(F)cc(Cl)c1)N1CCNCC1.Cl. The van der Waals surface area contributed by atoms with Gasteiger partial charge in [0.25, 0.3) is 0 Å². The lowest BCUT2D eigenvalue weighted by Crippen LogP contribution is -2.48. The number of halogens is 3. The summed E-state index contributed by atoms with van der Waals surface area (Å²) in [5, 5.41) is 3.83. The number of rotatable bonds is 2. The third-order valence-electron chi connectivity index (χ3n) is 3.54. The van der Waals surface area contributed by atoms with Crippen LogP contribution in [-0.2, 0) is 0 Å². The van der Waals surface area contributed by atoms with Gasteiger partial charge in [-0.2, -0.15) is 0 Å². The van der Waals surface area contributed by atoms with Crippen LogP contribution in [0.3, 0.4) is 0 Å². The van der Waals surface area contributed by atoms with Gasteiger partial charge in [0.1, 0.15) is 5.82 Å². The molecule has 0 radical (unpaired) electrons. The summed E-state index contributed by atoms with van der Waals surface area (Å²) in [5.74, 6) is -0.258. The highest BCUT2D eigenvalue weighted by atomic mass is 35.5. The van der Waals surface area contributed by atoms with Gasteiger partial charge >= 0.3 is 0 Å². The van der Waals surface area contributed by atoms with Crippen molar-refractivity contribution in [2.75, 3.05) is 26.2 Å². The Hall–Kier alpha value is -0.350. The van der Waals surface area contributed by atoms with Crippen LogP contribution in [0.25, 0.3) is 0 Å². The lowest BCUT2D eigenvalue weighted by Gasteiger charge is -2.42. The van der Waals surface area contributed by atoms with Crippen LogP contribution >= 0.6 is 24.0 Å². The normalized spacial score (nSPS) is 18.4. The molecule has 0 aromatic heterocycles. The fourth-order valence-corrected chi connectivity index (χ4v) is 3.16. The molecule has 0 saturated carbocycles. The molecule has 0 bridgehead atoms. The number of nitrogens with one attached hydrogen (secondary N) is 1. The highest BCUT2D eigenvalue weighted by Crippen LogP contribution is 2.39. The second-order valence-electron chi connectivity index (χ2n) is 6.26. The van der Waals surface area contributed by atoms with E-state index in [0.717, 1.165) is 31.7 Å². The summed E-state index contributed by atoms with van der Waals surface area (Å²) in [6, 6.07) is 5.05. The van der Waals surface area contributed by atoms with Gasteiger partial charge in [0.05, 0.1) is 0 Å². The van der Waals surface area contributed by atoms with Crippen LogP contribution in [0.2, 0.25) is 5.02 Å². The van der Waals surface area contributed by atoms with Crippen LogP contribution in [0, 0.1) is 11.2 Å². The fourth-order valence-electron chi connectivity index (χ4n) is 2.93. The predicted octanol–water partition coefficient (Wildman–Crippen LogP) is 3.89. The summed E-state index contributed by atoms with van der Waals surface area (Å²) in [7, 11) is 0. The molecule has 1 fully saturated rings. The largest absolute Gasteiger partial charge is 0.314 e. The number of hydrogen-bond donors (Lipinski definition) is 1. The molecule has 1 aromatic carbocycles. The van der Waals surface area contributed by atoms with Crippen LogP contribution in [-0.4, -0.2) is 31.1 Å². The average molecular weight is 321 g/mol. The molecule has 0 aliphatic carbocycles. The molecule has 1 N–H and O–H groups in total. The number of benzene rings is 1. The van der Waals surface area contributed by atoms with Crippen molar-refractivity contribution in [1.82, 2.24) is 10.2 Å². The number of piperazine rings is 1. The first-order chi connectivity index (χ1) is 8.88. The maximum absolute atomic E-state index is 13.6. The van der Waals surface area contributed by atoms with Crippen LogP contribution in [0.1, 0.15) is 32.4 Å². The van der Waals surface area contributed by atoms with E-state index in [9.17, 15) is 4.39 Å². The Labute approximate surface area is 132 Å². The van der Waals surface area contributed by atoms with Crippen LogP contribution < -0.4 is 5.32 Å². The topological polar surface area (TPSA) is 15.3 Å². The van der Waals surface area contributed by atoms with E-state index in [1.807, 2.05) is 6.07 Å². The first kappa shape index (κ1) is 17.7. The molecular weight excluding hydrogens is 298 g/mol. The van der Waals surface area contributed by atoms with Gasteiger partial charge in [-0.3, -0.25) is 4.90 Å². The Kier molecular flexibility index (Phi) is 6.26. The Morgan fingerprint density at radius 3 is 2.30 bits per heavy atom. The van der Waals surface area contributed by atoms with Crippen molar-refractivity contribution in [1.29, 1.82) is 0 Å². The quantitative estimate of drug-likeness (QED) is 0.889. The van der Waals surface area contributed by atoms with Gasteiger partial charge in [-0.15, -0.1) is 12.4 Å². The molecular formula is C15H23Cl2FN2. The molecule has 1 saturated heterocycles. The Balaban J connectivity index is 0.00000200. The Morgan fingerprint density at radius 2 is 1.80 bits per heavy atom. The van der Waals surface area contributed by atoms with Crippen LogP contribution in [0.15, 0.2) is 18.2 Å². The zero-order valence-electron chi connectivity index (χ0n) is 12.2. The van der Waals surface area contributed by atoms with Gasteiger partial charge in [-0.05, 0) is 29.2 Å². The van der Waals surface area contributed by atoms with Crippen molar-refractivity contribution in [3.05, 3.63) is 34.6 Å². The molecule has 0 spiro atoms. The Bertz CT molecular complexity index is 420. The number of nitrogens with zero attached hydrogens (tertiary/aromatic N) is 1. The van der Waals surface area contributed by atoms with Crippen molar-refractivity contribution in [2.24, 2.45) is 5.41 Å². The van der Waals surface area contributed by atoms with Crippen LogP contribution in [0.4, 0.5) is 4.39 Å². The first-order valence-electron chi connectivity index (χ1n) is 6.79. The van der Waals surface area contributed by atoms with Gasteiger partial charge in [0.2, 0.25) is 0 Å². The molecule has 114 valence electrons. The standard InChI is InChI=1S/C15H22ClFN2.ClH/c1-15(2,3)14(19-6-4-18-5-7-19)11-8-12(16)10-13(17)9-11;/h8-10,14,18H,4-7H2,1-3H3;1H/t14-;/m0./s1. The first-order valence-corrected chi connectivity index (χ1v) is 7.16. The molecule has 0 unspecified atom stereocenters. The molecule has 1 aliphatic rings. The van der Waals surface area contributed by atoms with E-state index in [1.165, 1.54) is 6.07 Å².